The molecule has 104 valence electrons. The van der Waals surface area contributed by atoms with E-state index in [-0.39, 0.29) is 22.7 Å². The monoisotopic (exact) mass is 263 g/mol. The van der Waals surface area contributed by atoms with E-state index in [1.807, 2.05) is 12.1 Å². The second-order valence-corrected chi connectivity index (χ2v) is 5.14. The lowest BCUT2D eigenvalue weighted by molar-refractivity contribution is -0.384. The van der Waals surface area contributed by atoms with Crippen molar-refractivity contribution in [3.63, 3.8) is 0 Å². The summed E-state index contributed by atoms with van der Waals surface area (Å²) < 4.78 is 0. The van der Waals surface area contributed by atoms with Crippen LogP contribution in [0.25, 0.3) is 0 Å². The number of benzene rings is 1. The highest BCUT2D eigenvalue weighted by atomic mass is 16.6. The van der Waals surface area contributed by atoms with Gasteiger partial charge in [-0.2, -0.15) is 0 Å². The van der Waals surface area contributed by atoms with Crippen LogP contribution < -0.4 is 5.73 Å². The van der Waals surface area contributed by atoms with Crippen LogP contribution in [-0.4, -0.2) is 29.0 Å². The maximum absolute atomic E-state index is 10.7. The molecule has 2 N–H and O–H groups in total. The van der Waals surface area contributed by atoms with Gasteiger partial charge in [0.1, 0.15) is 0 Å². The van der Waals surface area contributed by atoms with Gasteiger partial charge < -0.3 is 5.73 Å². The summed E-state index contributed by atoms with van der Waals surface area (Å²) in [5.74, 6) is 0. The molecular formula is C14H21N3O2. The van der Waals surface area contributed by atoms with Crippen molar-refractivity contribution in [1.29, 1.82) is 0 Å². The average molecular weight is 263 g/mol. The Kier molecular flexibility index (Phi) is 4.50. The number of hydrogen-bond donors (Lipinski definition) is 1. The molecule has 0 aliphatic carbocycles. The van der Waals surface area contributed by atoms with E-state index in [0.717, 1.165) is 37.9 Å². The number of nitro benzene ring substituents is 1. The predicted octanol–water partition coefficient (Wildman–Crippen LogP) is 2.47. The molecule has 5 nitrogen and oxygen atoms in total. The molecule has 1 fully saturated rings. The molecule has 1 aliphatic rings. The zero-order valence-electron chi connectivity index (χ0n) is 11.3. The van der Waals surface area contributed by atoms with Crippen LogP contribution in [0.3, 0.4) is 0 Å². The van der Waals surface area contributed by atoms with E-state index in [9.17, 15) is 10.1 Å². The van der Waals surface area contributed by atoms with Crippen LogP contribution >= 0.6 is 0 Å². The quantitative estimate of drug-likeness (QED) is 0.669. The lowest BCUT2D eigenvalue weighted by atomic mass is 9.90. The van der Waals surface area contributed by atoms with Gasteiger partial charge in [0.25, 0.3) is 5.69 Å². The Balaban J connectivity index is 2.22. The smallest absolute Gasteiger partial charge is 0.269 e. The molecule has 1 aliphatic heterocycles. The normalized spacial score (nSPS) is 24.3. The first-order chi connectivity index (χ1) is 9.13. The third kappa shape index (κ3) is 3.11. The Labute approximate surface area is 113 Å². The summed E-state index contributed by atoms with van der Waals surface area (Å²) in [4.78, 5) is 12.7. The maximum atomic E-state index is 10.7. The molecule has 0 aromatic heterocycles. The third-order valence-corrected chi connectivity index (χ3v) is 3.74. The van der Waals surface area contributed by atoms with Crippen LogP contribution in [0, 0.1) is 10.1 Å². The Morgan fingerprint density at radius 1 is 1.42 bits per heavy atom. The molecule has 1 aromatic carbocycles. The summed E-state index contributed by atoms with van der Waals surface area (Å²) in [7, 11) is 0. The molecular weight excluding hydrogens is 242 g/mol. The highest BCUT2D eigenvalue weighted by Crippen LogP contribution is 2.31. The fourth-order valence-electron chi connectivity index (χ4n) is 2.89. The number of likely N-dealkylation sites (tertiary alicyclic amines) is 1. The number of non-ortho nitro benzene ring substituents is 1. The fourth-order valence-corrected chi connectivity index (χ4v) is 2.89. The zero-order chi connectivity index (χ0) is 13.8. The predicted molar refractivity (Wildman–Crippen MR) is 74.9 cm³/mol. The van der Waals surface area contributed by atoms with E-state index >= 15 is 0 Å². The second kappa shape index (κ2) is 6.12. The molecule has 0 amide bonds. The Bertz CT molecular complexity index is 431. The van der Waals surface area contributed by atoms with Crippen LogP contribution in [0.1, 0.15) is 37.8 Å². The second-order valence-electron chi connectivity index (χ2n) is 5.14. The van der Waals surface area contributed by atoms with E-state index in [4.69, 9.17) is 5.73 Å². The number of nitrogens with zero attached hydrogens (tertiary/aromatic N) is 2. The molecule has 2 rings (SSSR count). The SMILES string of the molecule is CCCN1CCCC(N)C1c1ccc([N+](=O)[O-])cc1. The van der Waals surface area contributed by atoms with E-state index in [1.54, 1.807) is 12.1 Å². The van der Waals surface area contributed by atoms with E-state index < -0.39 is 0 Å². The van der Waals surface area contributed by atoms with Crippen LogP contribution in [0.15, 0.2) is 24.3 Å². The van der Waals surface area contributed by atoms with E-state index in [0.29, 0.717) is 0 Å². The van der Waals surface area contributed by atoms with Crippen molar-refractivity contribution in [3.8, 4) is 0 Å². The molecule has 5 heteroatoms. The van der Waals surface area contributed by atoms with Gasteiger partial charge in [-0.1, -0.05) is 19.1 Å². The zero-order valence-corrected chi connectivity index (χ0v) is 11.3. The molecule has 1 aromatic rings. The van der Waals surface area contributed by atoms with Crippen LogP contribution in [0.2, 0.25) is 0 Å². The Morgan fingerprint density at radius 3 is 2.68 bits per heavy atom. The van der Waals surface area contributed by atoms with Gasteiger partial charge in [0.15, 0.2) is 0 Å². The van der Waals surface area contributed by atoms with Crippen molar-refractivity contribution in [2.75, 3.05) is 13.1 Å². The van der Waals surface area contributed by atoms with Crippen molar-refractivity contribution in [2.45, 2.75) is 38.3 Å². The summed E-state index contributed by atoms with van der Waals surface area (Å²) in [5, 5.41) is 10.7. The molecule has 2 unspecified atom stereocenters. The van der Waals surface area contributed by atoms with Gasteiger partial charge in [0, 0.05) is 24.2 Å². The fraction of sp³-hybridized carbons (Fsp3) is 0.571. The van der Waals surface area contributed by atoms with Crippen molar-refractivity contribution in [1.82, 2.24) is 4.90 Å². The lowest BCUT2D eigenvalue weighted by Crippen LogP contribution is -2.46. The highest BCUT2D eigenvalue weighted by Gasteiger charge is 2.29. The van der Waals surface area contributed by atoms with Gasteiger partial charge in [-0.3, -0.25) is 15.0 Å². The topological polar surface area (TPSA) is 72.4 Å². The molecule has 0 radical (unpaired) electrons. The van der Waals surface area contributed by atoms with Gasteiger partial charge in [-0.15, -0.1) is 0 Å². The summed E-state index contributed by atoms with van der Waals surface area (Å²) in [6.07, 6.45) is 3.24. The van der Waals surface area contributed by atoms with Gasteiger partial charge in [-0.25, -0.2) is 0 Å². The minimum atomic E-state index is -0.367. The number of piperidine rings is 1. The maximum Gasteiger partial charge on any atom is 0.269 e. The van der Waals surface area contributed by atoms with Gasteiger partial charge >= 0.3 is 0 Å². The van der Waals surface area contributed by atoms with Crippen LogP contribution in [0.5, 0.6) is 0 Å². The molecule has 0 saturated carbocycles. The minimum Gasteiger partial charge on any atom is -0.326 e. The van der Waals surface area contributed by atoms with Crippen molar-refractivity contribution >= 4 is 5.69 Å². The number of rotatable bonds is 4. The summed E-state index contributed by atoms with van der Waals surface area (Å²) in [6.45, 7) is 4.24. The average Bonchev–Trinajstić information content (AvgIpc) is 2.39. The molecule has 1 saturated heterocycles. The highest BCUT2D eigenvalue weighted by molar-refractivity contribution is 5.35. The summed E-state index contributed by atoms with van der Waals surface area (Å²) in [5.41, 5.74) is 7.48. The number of nitro groups is 1. The van der Waals surface area contributed by atoms with Crippen LogP contribution in [-0.2, 0) is 0 Å². The van der Waals surface area contributed by atoms with Gasteiger partial charge in [0.05, 0.1) is 4.92 Å². The van der Waals surface area contributed by atoms with Crippen molar-refractivity contribution < 1.29 is 4.92 Å². The Hall–Kier alpha value is -1.46. The summed E-state index contributed by atoms with van der Waals surface area (Å²) >= 11 is 0. The van der Waals surface area contributed by atoms with Crippen LogP contribution in [0.4, 0.5) is 5.69 Å². The van der Waals surface area contributed by atoms with Gasteiger partial charge in [0.2, 0.25) is 0 Å². The van der Waals surface area contributed by atoms with Gasteiger partial charge in [-0.05, 0) is 37.9 Å². The Morgan fingerprint density at radius 2 is 2.11 bits per heavy atom. The first-order valence-electron chi connectivity index (χ1n) is 6.87. The van der Waals surface area contributed by atoms with Crippen molar-refractivity contribution in [2.24, 2.45) is 5.73 Å². The molecule has 19 heavy (non-hydrogen) atoms. The number of hydrogen-bond acceptors (Lipinski definition) is 4. The third-order valence-electron chi connectivity index (χ3n) is 3.74. The van der Waals surface area contributed by atoms with E-state index in [2.05, 4.69) is 11.8 Å². The minimum absolute atomic E-state index is 0.113. The van der Waals surface area contributed by atoms with Crippen molar-refractivity contribution in [3.05, 3.63) is 39.9 Å². The lowest BCUT2D eigenvalue weighted by Gasteiger charge is -2.40. The molecule has 0 bridgehead atoms. The largest absolute Gasteiger partial charge is 0.326 e. The standard InChI is InChI=1S/C14H21N3O2/c1-2-9-16-10-3-4-13(15)14(16)11-5-7-12(8-6-11)17(18)19/h5-8,13-14H,2-4,9-10,15H2,1H3. The molecule has 2 atom stereocenters. The molecule has 1 heterocycles. The van der Waals surface area contributed by atoms with E-state index in [1.165, 1.54) is 0 Å². The summed E-state index contributed by atoms with van der Waals surface area (Å²) in [6, 6.07) is 7.13. The number of nitrogens with two attached hydrogens (primary N) is 1. The first-order valence-corrected chi connectivity index (χ1v) is 6.87. The molecule has 0 spiro atoms. The first kappa shape index (κ1) is 14.0.